The molecular weight excluding hydrogens is 278 g/mol. The number of amides is 1. The van der Waals surface area contributed by atoms with Gasteiger partial charge in [-0.05, 0) is 44.6 Å². The molecule has 0 bridgehead atoms. The Balaban J connectivity index is 1.69. The molecule has 1 aromatic carbocycles. The second-order valence-electron chi connectivity index (χ2n) is 6.21. The fraction of sp³-hybridized carbons (Fsp3) is 0.556. The van der Waals surface area contributed by atoms with Crippen LogP contribution in [0.15, 0.2) is 24.3 Å². The summed E-state index contributed by atoms with van der Waals surface area (Å²) in [5.41, 5.74) is 2.57. The van der Waals surface area contributed by atoms with Crippen LogP contribution >= 0.6 is 0 Å². The third kappa shape index (κ3) is 4.86. The molecule has 1 aromatic rings. The number of piperidine rings is 1. The number of rotatable bonds is 6. The van der Waals surface area contributed by atoms with E-state index in [-0.39, 0.29) is 11.8 Å². The summed E-state index contributed by atoms with van der Waals surface area (Å²) in [6.07, 6.45) is 4.86. The summed E-state index contributed by atoms with van der Waals surface area (Å²) in [7, 11) is 0. The van der Waals surface area contributed by atoms with Gasteiger partial charge in [0.25, 0.3) is 0 Å². The van der Waals surface area contributed by atoms with Crippen LogP contribution in [-0.2, 0) is 16.0 Å². The molecule has 120 valence electrons. The summed E-state index contributed by atoms with van der Waals surface area (Å²) in [6, 6.07) is 8.50. The lowest BCUT2D eigenvalue weighted by Crippen LogP contribution is -2.42. The Morgan fingerprint density at radius 1 is 1.23 bits per heavy atom. The van der Waals surface area contributed by atoms with Crippen LogP contribution in [0.3, 0.4) is 0 Å². The van der Waals surface area contributed by atoms with E-state index in [1.165, 1.54) is 11.1 Å². The van der Waals surface area contributed by atoms with Crippen molar-refractivity contribution >= 4 is 11.9 Å². The molecule has 1 atom stereocenters. The van der Waals surface area contributed by atoms with Gasteiger partial charge in [-0.15, -0.1) is 0 Å². The van der Waals surface area contributed by atoms with Crippen molar-refractivity contribution in [2.75, 3.05) is 13.1 Å². The second-order valence-corrected chi connectivity index (χ2v) is 6.21. The number of likely N-dealkylation sites (tertiary alicyclic amines) is 1. The largest absolute Gasteiger partial charge is 0.481 e. The average molecular weight is 303 g/mol. The predicted molar refractivity (Wildman–Crippen MR) is 85.7 cm³/mol. The maximum atomic E-state index is 12.2. The van der Waals surface area contributed by atoms with Crippen molar-refractivity contribution in [3.63, 3.8) is 0 Å². The predicted octanol–water partition coefficient (Wildman–Crippen LogP) is 3.03. The molecule has 1 heterocycles. The number of carboxylic acids is 1. The Morgan fingerprint density at radius 3 is 2.64 bits per heavy atom. The lowest BCUT2D eigenvalue weighted by atomic mass is 9.97. The Labute approximate surface area is 132 Å². The Morgan fingerprint density at radius 2 is 1.95 bits per heavy atom. The first-order valence-corrected chi connectivity index (χ1v) is 8.12. The molecular formula is C18H25NO3. The van der Waals surface area contributed by atoms with Gasteiger partial charge in [-0.3, -0.25) is 9.59 Å². The number of benzene rings is 1. The average Bonchev–Trinajstić information content (AvgIpc) is 2.53. The molecule has 0 aliphatic carbocycles. The first kappa shape index (κ1) is 16.5. The van der Waals surface area contributed by atoms with Crippen LogP contribution in [0.2, 0.25) is 0 Å². The van der Waals surface area contributed by atoms with E-state index in [1.807, 2.05) is 0 Å². The molecule has 0 unspecified atom stereocenters. The maximum absolute atomic E-state index is 12.2. The van der Waals surface area contributed by atoms with Gasteiger partial charge in [0.2, 0.25) is 5.91 Å². The SMILES string of the molecule is Cc1ccc(CCCCC(=O)N2CCC[C@H](C(=O)O)C2)cc1. The highest BCUT2D eigenvalue weighted by molar-refractivity contribution is 5.78. The number of hydrogen-bond donors (Lipinski definition) is 1. The third-order valence-electron chi connectivity index (χ3n) is 4.35. The van der Waals surface area contributed by atoms with E-state index in [0.29, 0.717) is 25.9 Å². The highest BCUT2D eigenvalue weighted by atomic mass is 16.4. The number of aryl methyl sites for hydroxylation is 2. The van der Waals surface area contributed by atoms with Gasteiger partial charge in [0.1, 0.15) is 0 Å². The molecule has 0 aromatic heterocycles. The van der Waals surface area contributed by atoms with E-state index in [9.17, 15) is 9.59 Å². The number of hydrogen-bond acceptors (Lipinski definition) is 2. The van der Waals surface area contributed by atoms with Crippen LogP contribution in [0.5, 0.6) is 0 Å². The van der Waals surface area contributed by atoms with Gasteiger partial charge >= 0.3 is 5.97 Å². The highest BCUT2D eigenvalue weighted by Gasteiger charge is 2.27. The molecule has 0 saturated carbocycles. The minimum absolute atomic E-state index is 0.106. The van der Waals surface area contributed by atoms with E-state index < -0.39 is 5.97 Å². The van der Waals surface area contributed by atoms with Crippen molar-refractivity contribution in [2.45, 2.75) is 45.4 Å². The quantitative estimate of drug-likeness (QED) is 0.822. The minimum Gasteiger partial charge on any atom is -0.481 e. The first-order chi connectivity index (χ1) is 10.6. The molecule has 1 N–H and O–H groups in total. The zero-order valence-electron chi connectivity index (χ0n) is 13.3. The fourth-order valence-corrected chi connectivity index (χ4v) is 2.92. The van der Waals surface area contributed by atoms with Gasteiger partial charge in [-0.2, -0.15) is 0 Å². The molecule has 0 radical (unpaired) electrons. The smallest absolute Gasteiger partial charge is 0.308 e. The van der Waals surface area contributed by atoms with E-state index in [4.69, 9.17) is 5.11 Å². The van der Waals surface area contributed by atoms with E-state index >= 15 is 0 Å². The monoisotopic (exact) mass is 303 g/mol. The van der Waals surface area contributed by atoms with Crippen molar-refractivity contribution in [1.29, 1.82) is 0 Å². The third-order valence-corrected chi connectivity index (χ3v) is 4.35. The molecule has 22 heavy (non-hydrogen) atoms. The number of carbonyl (C=O) groups excluding carboxylic acids is 1. The van der Waals surface area contributed by atoms with Crippen molar-refractivity contribution in [3.8, 4) is 0 Å². The Kier molecular flexibility index (Phi) is 5.99. The summed E-state index contributed by atoms with van der Waals surface area (Å²) in [5.74, 6) is -1.06. The molecule has 1 saturated heterocycles. The molecule has 4 heteroatoms. The van der Waals surface area contributed by atoms with Crippen LogP contribution in [0, 0.1) is 12.8 Å². The lowest BCUT2D eigenvalue weighted by Gasteiger charge is -2.30. The number of carboxylic acid groups (broad SMARTS) is 1. The summed E-state index contributed by atoms with van der Waals surface area (Å²) in [5, 5.41) is 9.06. The molecule has 2 rings (SSSR count). The van der Waals surface area contributed by atoms with Crippen molar-refractivity contribution in [2.24, 2.45) is 5.92 Å². The molecule has 0 spiro atoms. The lowest BCUT2D eigenvalue weighted by molar-refractivity contribution is -0.145. The normalized spacial score (nSPS) is 18.2. The number of nitrogens with zero attached hydrogens (tertiary/aromatic N) is 1. The Hall–Kier alpha value is -1.84. The highest BCUT2D eigenvalue weighted by Crippen LogP contribution is 2.18. The van der Waals surface area contributed by atoms with Crippen LogP contribution in [0.4, 0.5) is 0 Å². The maximum Gasteiger partial charge on any atom is 0.308 e. The number of unbranched alkanes of at least 4 members (excludes halogenated alkanes) is 1. The van der Waals surface area contributed by atoms with Gasteiger partial charge in [0.05, 0.1) is 5.92 Å². The summed E-state index contributed by atoms with van der Waals surface area (Å²) in [4.78, 5) is 24.9. The topological polar surface area (TPSA) is 57.6 Å². The van der Waals surface area contributed by atoms with Crippen LogP contribution < -0.4 is 0 Å². The van der Waals surface area contributed by atoms with Crippen molar-refractivity contribution in [1.82, 2.24) is 4.90 Å². The van der Waals surface area contributed by atoms with Gasteiger partial charge in [0.15, 0.2) is 0 Å². The van der Waals surface area contributed by atoms with Gasteiger partial charge in [0, 0.05) is 19.5 Å². The zero-order chi connectivity index (χ0) is 15.9. The van der Waals surface area contributed by atoms with Gasteiger partial charge in [-0.25, -0.2) is 0 Å². The van der Waals surface area contributed by atoms with Gasteiger partial charge < -0.3 is 10.0 Å². The zero-order valence-corrected chi connectivity index (χ0v) is 13.3. The fourth-order valence-electron chi connectivity index (χ4n) is 2.92. The molecule has 1 amide bonds. The second kappa shape index (κ2) is 7.97. The molecule has 4 nitrogen and oxygen atoms in total. The first-order valence-electron chi connectivity index (χ1n) is 8.12. The Bertz CT molecular complexity index is 510. The molecule has 1 fully saturated rings. The van der Waals surface area contributed by atoms with Gasteiger partial charge in [-0.1, -0.05) is 29.8 Å². The minimum atomic E-state index is -0.781. The molecule has 1 aliphatic rings. The van der Waals surface area contributed by atoms with Crippen LogP contribution in [0.25, 0.3) is 0 Å². The van der Waals surface area contributed by atoms with E-state index in [1.54, 1.807) is 4.90 Å². The standard InChI is InChI=1S/C18H25NO3/c1-14-8-10-15(11-9-14)5-2-3-7-17(20)19-12-4-6-16(13-19)18(21)22/h8-11,16H,2-7,12-13H2,1H3,(H,21,22)/t16-/m0/s1. The van der Waals surface area contributed by atoms with Crippen LogP contribution in [-0.4, -0.2) is 35.0 Å². The van der Waals surface area contributed by atoms with Crippen molar-refractivity contribution < 1.29 is 14.7 Å². The number of aliphatic carboxylic acids is 1. The van der Waals surface area contributed by atoms with E-state index in [0.717, 1.165) is 25.7 Å². The number of carbonyl (C=O) groups is 2. The summed E-state index contributed by atoms with van der Waals surface area (Å²) < 4.78 is 0. The summed E-state index contributed by atoms with van der Waals surface area (Å²) in [6.45, 7) is 3.16. The van der Waals surface area contributed by atoms with E-state index in [2.05, 4.69) is 31.2 Å². The van der Waals surface area contributed by atoms with Crippen molar-refractivity contribution in [3.05, 3.63) is 35.4 Å². The van der Waals surface area contributed by atoms with Crippen LogP contribution in [0.1, 0.15) is 43.2 Å². The molecule has 1 aliphatic heterocycles. The summed E-state index contributed by atoms with van der Waals surface area (Å²) >= 11 is 0.